The fourth-order valence-corrected chi connectivity index (χ4v) is 4.23. The first-order valence-electron chi connectivity index (χ1n) is 8.41. The van der Waals surface area contributed by atoms with Gasteiger partial charge >= 0.3 is 0 Å². The Morgan fingerprint density at radius 1 is 1.22 bits per heavy atom. The molecule has 1 saturated carbocycles. The molecule has 0 bridgehead atoms. The molecule has 1 spiro atoms. The fourth-order valence-electron chi connectivity index (χ4n) is 3.85. The van der Waals surface area contributed by atoms with Gasteiger partial charge in [0.1, 0.15) is 11.4 Å². The average molecular weight is 401 g/mol. The van der Waals surface area contributed by atoms with Crippen molar-refractivity contribution >= 4 is 28.3 Å². The van der Waals surface area contributed by atoms with Crippen molar-refractivity contribution in [3.8, 4) is 5.75 Å². The van der Waals surface area contributed by atoms with Crippen molar-refractivity contribution in [2.24, 2.45) is 0 Å². The van der Waals surface area contributed by atoms with Crippen molar-refractivity contribution in [3.05, 3.63) is 40.4 Å². The fraction of sp³-hybridized carbons (Fsp3) is 0.579. The molecule has 1 aromatic rings. The lowest BCUT2D eigenvalue weighted by Crippen LogP contribution is -2.36. The average Bonchev–Trinajstić information content (AvgIpc) is 2.62. The Balaban J connectivity index is 0.00000192. The van der Waals surface area contributed by atoms with Gasteiger partial charge in [-0.25, -0.2) is 0 Å². The standard InChI is InChI=1S/C19H26BrNO.ClH/c1-21(2)13-7-8-17-16-14-15(20)9-10-18(16)22-19(17)11-5-3-4-6-12-19;/h7-10,14,17H,3-6,11-13H2,1-2H3;1H. The lowest BCUT2D eigenvalue weighted by Gasteiger charge is -2.32. The molecule has 1 heterocycles. The smallest absolute Gasteiger partial charge is 0.124 e. The highest BCUT2D eigenvalue weighted by molar-refractivity contribution is 9.10. The minimum atomic E-state index is -0.0115. The molecule has 4 heteroatoms. The largest absolute Gasteiger partial charge is 0.486 e. The van der Waals surface area contributed by atoms with Crippen LogP contribution in [0, 0.1) is 0 Å². The molecule has 1 aliphatic carbocycles. The molecule has 0 aromatic heterocycles. The third-order valence-corrected chi connectivity index (χ3v) is 5.43. The Kier molecular flexibility index (Phi) is 6.58. The summed E-state index contributed by atoms with van der Waals surface area (Å²) in [4.78, 5) is 2.20. The van der Waals surface area contributed by atoms with Crippen LogP contribution in [0.1, 0.15) is 50.0 Å². The first-order chi connectivity index (χ1) is 10.6. The lowest BCUT2D eigenvalue weighted by atomic mass is 9.79. The van der Waals surface area contributed by atoms with E-state index in [4.69, 9.17) is 4.74 Å². The van der Waals surface area contributed by atoms with Crippen molar-refractivity contribution in [3.63, 3.8) is 0 Å². The molecule has 1 atom stereocenters. The van der Waals surface area contributed by atoms with E-state index in [9.17, 15) is 0 Å². The van der Waals surface area contributed by atoms with Gasteiger partial charge in [-0.1, -0.05) is 40.9 Å². The van der Waals surface area contributed by atoms with Crippen molar-refractivity contribution in [1.29, 1.82) is 0 Å². The number of nitrogens with zero attached hydrogens (tertiary/aromatic N) is 1. The number of hydrogen-bond donors (Lipinski definition) is 0. The molecular weight excluding hydrogens is 374 g/mol. The molecule has 2 nitrogen and oxygen atoms in total. The SMILES string of the molecule is CN(C)CC=CC1c2cc(Br)ccc2OC12CCCCCC2.Cl. The Labute approximate surface area is 154 Å². The number of halogens is 2. The zero-order valence-corrected chi connectivity index (χ0v) is 16.5. The van der Waals surface area contributed by atoms with Gasteiger partial charge in [-0.3, -0.25) is 0 Å². The van der Waals surface area contributed by atoms with E-state index in [1.165, 1.54) is 44.1 Å². The van der Waals surface area contributed by atoms with Gasteiger partial charge in [-0.05, 0) is 58.0 Å². The monoisotopic (exact) mass is 399 g/mol. The van der Waals surface area contributed by atoms with E-state index in [-0.39, 0.29) is 18.0 Å². The van der Waals surface area contributed by atoms with E-state index in [1.807, 2.05) is 0 Å². The minimum absolute atomic E-state index is 0. The van der Waals surface area contributed by atoms with E-state index in [0.717, 1.165) is 16.8 Å². The number of benzene rings is 1. The topological polar surface area (TPSA) is 12.5 Å². The zero-order chi connectivity index (χ0) is 15.6. The summed E-state index contributed by atoms with van der Waals surface area (Å²) in [5.74, 6) is 1.47. The van der Waals surface area contributed by atoms with Gasteiger partial charge in [0.25, 0.3) is 0 Å². The van der Waals surface area contributed by atoms with Gasteiger partial charge in [0, 0.05) is 22.5 Å². The van der Waals surface area contributed by atoms with Crippen LogP contribution in [0.25, 0.3) is 0 Å². The summed E-state index contributed by atoms with van der Waals surface area (Å²) in [5.41, 5.74) is 1.34. The van der Waals surface area contributed by atoms with Crippen LogP contribution in [0.4, 0.5) is 0 Å². The van der Waals surface area contributed by atoms with Crippen molar-refractivity contribution in [2.75, 3.05) is 20.6 Å². The van der Waals surface area contributed by atoms with Crippen molar-refractivity contribution in [2.45, 2.75) is 50.0 Å². The summed E-state index contributed by atoms with van der Waals surface area (Å²) in [7, 11) is 4.23. The van der Waals surface area contributed by atoms with E-state index in [2.05, 4.69) is 65.3 Å². The molecule has 128 valence electrons. The summed E-state index contributed by atoms with van der Waals surface area (Å²) in [6.07, 6.45) is 12.3. The summed E-state index contributed by atoms with van der Waals surface area (Å²) in [6.45, 7) is 0.982. The van der Waals surface area contributed by atoms with Crippen LogP contribution in [0.2, 0.25) is 0 Å². The molecule has 3 rings (SSSR count). The molecule has 0 amide bonds. The predicted octanol–water partition coefficient (Wildman–Crippen LogP) is 5.56. The highest BCUT2D eigenvalue weighted by Crippen LogP contribution is 2.52. The number of hydrogen-bond acceptors (Lipinski definition) is 2. The van der Waals surface area contributed by atoms with Gasteiger partial charge in [-0.15, -0.1) is 12.4 Å². The van der Waals surface area contributed by atoms with Gasteiger partial charge in [0.2, 0.25) is 0 Å². The third kappa shape index (κ3) is 4.12. The van der Waals surface area contributed by atoms with E-state index < -0.39 is 0 Å². The van der Waals surface area contributed by atoms with E-state index in [0.29, 0.717) is 5.92 Å². The Hall–Kier alpha value is -0.510. The molecule has 1 aromatic carbocycles. The van der Waals surface area contributed by atoms with Crippen LogP contribution < -0.4 is 4.74 Å². The Bertz CT molecular complexity index is 550. The van der Waals surface area contributed by atoms with Crippen LogP contribution in [-0.4, -0.2) is 31.1 Å². The summed E-state index contributed by atoms with van der Waals surface area (Å²) < 4.78 is 7.70. The number of likely N-dealkylation sites (N-methyl/N-ethyl adjacent to an activating group) is 1. The Morgan fingerprint density at radius 3 is 2.57 bits per heavy atom. The number of ether oxygens (including phenoxy) is 1. The third-order valence-electron chi connectivity index (χ3n) is 4.94. The normalized spacial score (nSPS) is 22.7. The second-order valence-electron chi connectivity index (χ2n) is 6.93. The molecule has 0 radical (unpaired) electrons. The number of rotatable bonds is 3. The predicted molar refractivity (Wildman–Crippen MR) is 103 cm³/mol. The summed E-state index contributed by atoms with van der Waals surface area (Å²) in [5, 5.41) is 0. The van der Waals surface area contributed by atoms with Gasteiger partial charge in [0.05, 0.1) is 0 Å². The molecule has 0 N–H and O–H groups in total. The summed E-state index contributed by atoms with van der Waals surface area (Å²) in [6, 6.07) is 6.47. The number of fused-ring (bicyclic) bond motifs is 1. The maximum atomic E-state index is 6.55. The van der Waals surface area contributed by atoms with Crippen molar-refractivity contribution in [1.82, 2.24) is 4.90 Å². The zero-order valence-electron chi connectivity index (χ0n) is 14.1. The maximum Gasteiger partial charge on any atom is 0.124 e. The van der Waals surface area contributed by atoms with Gasteiger partial charge in [-0.2, -0.15) is 0 Å². The molecule has 0 saturated heterocycles. The summed E-state index contributed by atoms with van der Waals surface area (Å²) >= 11 is 3.62. The van der Waals surface area contributed by atoms with Gasteiger partial charge < -0.3 is 9.64 Å². The van der Waals surface area contributed by atoms with Crippen LogP contribution >= 0.6 is 28.3 Å². The minimum Gasteiger partial charge on any atom is -0.486 e. The van der Waals surface area contributed by atoms with Crippen LogP contribution in [0.5, 0.6) is 5.75 Å². The first-order valence-corrected chi connectivity index (χ1v) is 9.20. The van der Waals surface area contributed by atoms with Crippen LogP contribution in [0.3, 0.4) is 0 Å². The van der Waals surface area contributed by atoms with E-state index in [1.54, 1.807) is 0 Å². The molecule has 1 fully saturated rings. The highest BCUT2D eigenvalue weighted by Gasteiger charge is 2.46. The Morgan fingerprint density at radius 2 is 1.91 bits per heavy atom. The second-order valence-corrected chi connectivity index (χ2v) is 7.85. The lowest BCUT2D eigenvalue weighted by molar-refractivity contribution is 0.0640. The highest BCUT2D eigenvalue weighted by atomic mass is 79.9. The van der Waals surface area contributed by atoms with E-state index >= 15 is 0 Å². The molecule has 23 heavy (non-hydrogen) atoms. The van der Waals surface area contributed by atoms with Gasteiger partial charge in [0.15, 0.2) is 0 Å². The molecular formula is C19H27BrClNO. The first kappa shape index (κ1) is 18.8. The molecule has 1 unspecified atom stereocenters. The second kappa shape index (κ2) is 8.04. The maximum absolute atomic E-state index is 6.55. The van der Waals surface area contributed by atoms with Crippen LogP contribution in [-0.2, 0) is 0 Å². The van der Waals surface area contributed by atoms with Crippen LogP contribution in [0.15, 0.2) is 34.8 Å². The molecule has 2 aliphatic rings. The molecule has 1 aliphatic heterocycles. The quantitative estimate of drug-likeness (QED) is 0.616. The van der Waals surface area contributed by atoms with Crippen molar-refractivity contribution < 1.29 is 4.74 Å².